The van der Waals surface area contributed by atoms with Crippen LogP contribution < -0.4 is 18.9 Å². The normalized spacial score (nSPS) is 12.8. The minimum Gasteiger partial charge on any atom is -0.497 e. The third-order valence-corrected chi connectivity index (χ3v) is 7.58. The Bertz CT molecular complexity index is 959. The second kappa shape index (κ2) is 9.81. The molecule has 0 spiro atoms. The van der Waals surface area contributed by atoms with Crippen LogP contribution in [0.2, 0.25) is 0 Å². The summed E-state index contributed by atoms with van der Waals surface area (Å²) in [5.41, 5.74) is -1.51. The van der Waals surface area contributed by atoms with Crippen molar-refractivity contribution in [2.24, 2.45) is 5.92 Å². The number of ether oxygens (including phenoxy) is 4. The van der Waals surface area contributed by atoms with E-state index in [0.717, 1.165) is 0 Å². The van der Waals surface area contributed by atoms with Gasteiger partial charge in [0.15, 0.2) is 0 Å². The van der Waals surface area contributed by atoms with Crippen LogP contribution in [0.15, 0.2) is 36.4 Å². The first-order valence-electron chi connectivity index (χ1n) is 9.35. The van der Waals surface area contributed by atoms with Crippen LogP contribution in [0, 0.1) is 5.92 Å². The number of carbonyl (C=O) groups is 2. The molecule has 0 aliphatic rings. The van der Waals surface area contributed by atoms with Crippen LogP contribution in [0.4, 0.5) is 0 Å². The molecule has 8 heteroatoms. The minimum atomic E-state index is -4.10. The van der Waals surface area contributed by atoms with Gasteiger partial charge >= 0.3 is 0 Å². The summed E-state index contributed by atoms with van der Waals surface area (Å²) in [7, 11) is 1.56. The zero-order valence-corrected chi connectivity index (χ0v) is 18.9. The average Bonchev–Trinajstić information content (AvgIpc) is 2.76. The lowest BCUT2D eigenvalue weighted by Crippen LogP contribution is -2.18. The van der Waals surface area contributed by atoms with Crippen LogP contribution >= 0.6 is 7.14 Å². The van der Waals surface area contributed by atoms with Gasteiger partial charge in [0.2, 0.25) is 18.2 Å². The Morgan fingerprint density at radius 2 is 1.40 bits per heavy atom. The molecule has 0 aliphatic heterocycles. The Morgan fingerprint density at radius 1 is 0.833 bits per heavy atom. The summed E-state index contributed by atoms with van der Waals surface area (Å²) in [6.07, 6.45) is -0.0962. The van der Waals surface area contributed by atoms with Crippen molar-refractivity contribution in [3.05, 3.63) is 47.5 Å². The van der Waals surface area contributed by atoms with E-state index in [1.54, 1.807) is 38.1 Å². The maximum Gasteiger partial charge on any atom is 0.236 e. The number of carbonyl (C=O) groups excluding carboxylic acids is 2. The Kier molecular flexibility index (Phi) is 7.68. The van der Waals surface area contributed by atoms with E-state index < -0.39 is 18.2 Å². The third-order valence-electron chi connectivity index (χ3n) is 4.56. The smallest absolute Gasteiger partial charge is 0.236 e. The Morgan fingerprint density at radius 3 is 1.87 bits per heavy atom. The van der Waals surface area contributed by atoms with Crippen molar-refractivity contribution < 1.29 is 33.1 Å². The van der Waals surface area contributed by atoms with E-state index in [1.807, 2.05) is 0 Å². The first-order valence-corrected chi connectivity index (χ1v) is 11.2. The molecule has 0 saturated heterocycles. The lowest BCUT2D eigenvalue weighted by molar-refractivity contribution is 0.103. The van der Waals surface area contributed by atoms with Crippen molar-refractivity contribution in [3.63, 3.8) is 0 Å². The summed E-state index contributed by atoms with van der Waals surface area (Å²) in [6.45, 7) is 3.61. The van der Waals surface area contributed by atoms with Gasteiger partial charge in [-0.05, 0) is 30.2 Å². The van der Waals surface area contributed by atoms with Crippen molar-refractivity contribution in [1.29, 1.82) is 0 Å². The summed E-state index contributed by atoms with van der Waals surface area (Å²) in [5, 5.41) is 0. The quantitative estimate of drug-likeness (QED) is 0.500. The Balaban J connectivity index is 2.69. The van der Waals surface area contributed by atoms with Gasteiger partial charge in [-0.2, -0.15) is 0 Å². The molecule has 0 heterocycles. The first-order chi connectivity index (χ1) is 14.2. The van der Waals surface area contributed by atoms with Gasteiger partial charge < -0.3 is 23.5 Å². The average molecular weight is 434 g/mol. The molecule has 0 aliphatic carbocycles. The highest BCUT2D eigenvalue weighted by atomic mass is 31.2. The first kappa shape index (κ1) is 23.5. The van der Waals surface area contributed by atoms with E-state index in [9.17, 15) is 14.2 Å². The fraction of sp³-hybridized carbons (Fsp3) is 0.364. The zero-order valence-electron chi connectivity index (χ0n) is 18.1. The van der Waals surface area contributed by atoms with Crippen molar-refractivity contribution in [3.8, 4) is 23.0 Å². The third kappa shape index (κ3) is 4.51. The van der Waals surface area contributed by atoms with E-state index >= 15 is 0 Å². The van der Waals surface area contributed by atoms with Crippen molar-refractivity contribution in [2.75, 3.05) is 34.6 Å². The van der Waals surface area contributed by atoms with Gasteiger partial charge in [-0.15, -0.1) is 0 Å². The lowest BCUT2D eigenvalue weighted by Gasteiger charge is -2.21. The highest BCUT2D eigenvalue weighted by molar-refractivity contribution is 7.95. The molecule has 2 rings (SSSR count). The SMILES string of the molecule is COc1ccc(C(=O)P(=O)(CC(C)C)C(=O)c2c(OC)cccc2OC)c(OC)c1. The summed E-state index contributed by atoms with van der Waals surface area (Å²) in [4.78, 5) is 27.1. The molecule has 0 N–H and O–H groups in total. The molecule has 162 valence electrons. The van der Waals surface area contributed by atoms with E-state index in [2.05, 4.69) is 0 Å². The topological polar surface area (TPSA) is 88.1 Å². The monoisotopic (exact) mass is 434 g/mol. The number of benzene rings is 2. The van der Waals surface area contributed by atoms with E-state index in [0.29, 0.717) is 5.75 Å². The number of hydrogen-bond acceptors (Lipinski definition) is 7. The van der Waals surface area contributed by atoms with E-state index in [-0.39, 0.29) is 40.5 Å². The predicted molar refractivity (Wildman–Crippen MR) is 115 cm³/mol. The van der Waals surface area contributed by atoms with Crippen molar-refractivity contribution in [1.82, 2.24) is 0 Å². The minimum absolute atomic E-state index is 0.00712. The second-order valence-electron chi connectivity index (χ2n) is 7.03. The van der Waals surface area contributed by atoms with Crippen molar-refractivity contribution >= 4 is 18.2 Å². The fourth-order valence-electron chi connectivity index (χ4n) is 3.18. The number of hydrogen-bond donors (Lipinski definition) is 0. The number of rotatable bonds is 10. The maximum absolute atomic E-state index is 14.1. The lowest BCUT2D eigenvalue weighted by atomic mass is 10.2. The summed E-state index contributed by atoms with van der Waals surface area (Å²) in [6, 6.07) is 9.31. The molecule has 1 atom stereocenters. The Hall–Kier alpha value is -2.79. The van der Waals surface area contributed by atoms with Gasteiger partial charge in [0, 0.05) is 12.2 Å². The molecule has 0 amide bonds. The fourth-order valence-corrected chi connectivity index (χ4v) is 5.88. The van der Waals surface area contributed by atoms with E-state index in [4.69, 9.17) is 18.9 Å². The van der Waals surface area contributed by atoms with Crippen molar-refractivity contribution in [2.45, 2.75) is 13.8 Å². The van der Waals surface area contributed by atoms with Crippen LogP contribution in [-0.2, 0) is 4.57 Å². The summed E-state index contributed by atoms with van der Waals surface area (Å²) >= 11 is 0. The van der Waals surface area contributed by atoms with Gasteiger partial charge in [0.25, 0.3) is 0 Å². The summed E-state index contributed by atoms with van der Waals surface area (Å²) < 4.78 is 35.1. The largest absolute Gasteiger partial charge is 0.497 e. The zero-order chi connectivity index (χ0) is 22.5. The van der Waals surface area contributed by atoms with Crippen LogP contribution in [-0.4, -0.2) is 45.6 Å². The highest BCUT2D eigenvalue weighted by Crippen LogP contribution is 2.56. The predicted octanol–water partition coefficient (Wildman–Crippen LogP) is 4.72. The summed E-state index contributed by atoms with van der Waals surface area (Å²) in [5.74, 6) is 0.868. The van der Waals surface area contributed by atoms with Crippen LogP contribution in [0.1, 0.15) is 34.6 Å². The van der Waals surface area contributed by atoms with Gasteiger partial charge in [0.1, 0.15) is 28.6 Å². The molecule has 0 saturated carbocycles. The van der Waals surface area contributed by atoms with E-state index in [1.165, 1.54) is 40.6 Å². The standard InChI is InChI=1S/C22H27O7P/c1-14(2)13-30(25,21(23)16-11-10-15(26-3)12-19(16)29-6)22(24)20-17(27-4)8-7-9-18(20)28-5/h7-12,14H,13H2,1-6H3. The molecule has 0 aromatic heterocycles. The molecular weight excluding hydrogens is 407 g/mol. The molecule has 1 unspecified atom stereocenters. The van der Waals surface area contributed by atoms with Gasteiger partial charge in [0.05, 0.1) is 34.0 Å². The molecule has 2 aromatic carbocycles. The molecule has 0 radical (unpaired) electrons. The molecule has 2 aromatic rings. The maximum atomic E-state index is 14.1. The number of methoxy groups -OCH3 is 4. The molecule has 0 bridgehead atoms. The molecule has 30 heavy (non-hydrogen) atoms. The van der Waals surface area contributed by atoms with Crippen LogP contribution in [0.25, 0.3) is 0 Å². The van der Waals surface area contributed by atoms with Gasteiger partial charge in [-0.25, -0.2) is 0 Å². The van der Waals surface area contributed by atoms with Gasteiger partial charge in [-0.1, -0.05) is 19.9 Å². The van der Waals surface area contributed by atoms with Gasteiger partial charge in [-0.3, -0.25) is 9.59 Å². The molecule has 7 nitrogen and oxygen atoms in total. The highest BCUT2D eigenvalue weighted by Gasteiger charge is 2.44. The molecular formula is C22H27O7P. The Labute approximate surface area is 176 Å². The molecule has 0 fully saturated rings. The van der Waals surface area contributed by atoms with Crippen LogP contribution in [0.3, 0.4) is 0 Å². The van der Waals surface area contributed by atoms with Crippen LogP contribution in [0.5, 0.6) is 23.0 Å². The second-order valence-corrected chi connectivity index (χ2v) is 9.69.